The van der Waals surface area contributed by atoms with Gasteiger partial charge in [-0.15, -0.1) is 0 Å². The van der Waals surface area contributed by atoms with Crippen LogP contribution in [0.15, 0.2) is 35.2 Å². The average molecular weight is 408 g/mol. The van der Waals surface area contributed by atoms with Gasteiger partial charge < -0.3 is 10.8 Å². The molecule has 2 atom stereocenters. The number of benzene rings is 1. The molecule has 0 bridgehead atoms. The summed E-state index contributed by atoms with van der Waals surface area (Å²) in [6, 6.07) is 7.52. The summed E-state index contributed by atoms with van der Waals surface area (Å²) in [6.07, 6.45) is 1.34. The predicted molar refractivity (Wildman–Crippen MR) is 103 cm³/mol. The molecular formula is C17H18ClN5O3S. The number of aromatic nitrogens is 3. The Kier molecular flexibility index (Phi) is 4.55. The van der Waals surface area contributed by atoms with Crippen molar-refractivity contribution >= 4 is 38.5 Å². The number of pyridine rings is 1. The fraction of sp³-hybridized carbons (Fsp3) is 0.294. The molecule has 1 aliphatic rings. The van der Waals surface area contributed by atoms with Crippen LogP contribution in [0.4, 0.5) is 5.82 Å². The van der Waals surface area contributed by atoms with Crippen LogP contribution in [0.5, 0.6) is 0 Å². The smallest absolute Gasteiger partial charge is 0.240 e. The number of halogens is 1. The Bertz CT molecular complexity index is 1110. The number of hydrogen-bond donors (Lipinski definition) is 4. The van der Waals surface area contributed by atoms with Crippen molar-refractivity contribution in [2.75, 3.05) is 5.73 Å². The highest BCUT2D eigenvalue weighted by Crippen LogP contribution is 2.31. The molecule has 142 valence electrons. The number of nitrogens with zero attached hydrogens (tertiary/aromatic N) is 2. The summed E-state index contributed by atoms with van der Waals surface area (Å²) in [5, 5.41) is 16.8. The van der Waals surface area contributed by atoms with Crippen LogP contribution in [0.3, 0.4) is 0 Å². The van der Waals surface area contributed by atoms with Crippen molar-refractivity contribution in [3.8, 4) is 11.3 Å². The number of sulfonamides is 1. The van der Waals surface area contributed by atoms with Crippen molar-refractivity contribution < 1.29 is 13.5 Å². The highest BCUT2D eigenvalue weighted by molar-refractivity contribution is 7.89. The summed E-state index contributed by atoms with van der Waals surface area (Å²) in [6.45, 7) is 0. The van der Waals surface area contributed by atoms with E-state index in [0.717, 1.165) is 6.42 Å². The molecule has 0 saturated heterocycles. The van der Waals surface area contributed by atoms with E-state index in [1.54, 1.807) is 18.2 Å². The van der Waals surface area contributed by atoms with Crippen molar-refractivity contribution in [3.63, 3.8) is 0 Å². The Morgan fingerprint density at radius 3 is 2.78 bits per heavy atom. The molecular weight excluding hydrogens is 390 g/mol. The van der Waals surface area contributed by atoms with Gasteiger partial charge in [-0.3, -0.25) is 5.10 Å². The van der Waals surface area contributed by atoms with Crippen LogP contribution in [0.2, 0.25) is 5.02 Å². The van der Waals surface area contributed by atoms with Crippen molar-refractivity contribution in [3.05, 3.63) is 35.4 Å². The van der Waals surface area contributed by atoms with E-state index in [-0.39, 0.29) is 15.7 Å². The van der Waals surface area contributed by atoms with Gasteiger partial charge in [0.15, 0.2) is 5.82 Å². The minimum absolute atomic E-state index is 0.0410. The lowest BCUT2D eigenvalue weighted by Gasteiger charge is -2.17. The molecule has 2 heterocycles. The summed E-state index contributed by atoms with van der Waals surface area (Å²) >= 11 is 6.34. The maximum Gasteiger partial charge on any atom is 0.240 e. The van der Waals surface area contributed by atoms with Crippen LogP contribution in [-0.4, -0.2) is 40.9 Å². The third kappa shape index (κ3) is 3.39. The minimum Gasteiger partial charge on any atom is -0.391 e. The van der Waals surface area contributed by atoms with Gasteiger partial charge >= 0.3 is 0 Å². The number of H-pyrrole nitrogens is 1. The quantitative estimate of drug-likeness (QED) is 0.523. The average Bonchev–Trinajstić information content (AvgIpc) is 3.20. The van der Waals surface area contributed by atoms with Crippen LogP contribution in [0.25, 0.3) is 22.3 Å². The van der Waals surface area contributed by atoms with Gasteiger partial charge in [-0.2, -0.15) is 5.10 Å². The topological polar surface area (TPSA) is 134 Å². The number of aliphatic hydroxyl groups excluding tert-OH is 1. The molecule has 3 aromatic rings. The van der Waals surface area contributed by atoms with Crippen molar-refractivity contribution in [1.82, 2.24) is 19.9 Å². The van der Waals surface area contributed by atoms with Crippen LogP contribution in [0, 0.1) is 0 Å². The zero-order valence-corrected chi connectivity index (χ0v) is 15.8. The molecule has 0 amide bonds. The first kappa shape index (κ1) is 18.2. The normalized spacial score (nSPS) is 20.4. The van der Waals surface area contributed by atoms with E-state index in [9.17, 15) is 13.5 Å². The Hall–Kier alpha value is -2.20. The molecule has 4 rings (SSSR count). The SMILES string of the molecule is Nc1n[nH]c2ccc(-c3ccc(S(=O)(=O)NC4CCCC4O)cc3Cl)nc12. The molecule has 2 unspecified atom stereocenters. The number of nitrogens with two attached hydrogens (primary N) is 1. The third-order valence-corrected chi connectivity index (χ3v) is 6.55. The fourth-order valence-electron chi connectivity index (χ4n) is 3.28. The second kappa shape index (κ2) is 6.75. The first-order chi connectivity index (χ1) is 12.8. The highest BCUT2D eigenvalue weighted by atomic mass is 35.5. The minimum atomic E-state index is -3.78. The first-order valence-corrected chi connectivity index (χ1v) is 10.3. The van der Waals surface area contributed by atoms with Gasteiger partial charge in [0.25, 0.3) is 0 Å². The van der Waals surface area contributed by atoms with Crippen LogP contribution in [0.1, 0.15) is 19.3 Å². The van der Waals surface area contributed by atoms with E-state index < -0.39 is 22.2 Å². The van der Waals surface area contributed by atoms with Crippen LogP contribution in [-0.2, 0) is 10.0 Å². The number of anilines is 1. The maximum atomic E-state index is 12.6. The number of fused-ring (bicyclic) bond motifs is 1. The standard InChI is InChI=1S/C17H18ClN5O3S/c18-11-8-9(27(25,26)23-13-2-1-3-15(13)24)4-5-10(11)12-6-7-14-16(20-12)17(19)22-21-14/h4-8,13,15,23-24H,1-3H2,(H3,19,21,22). The van der Waals surface area contributed by atoms with E-state index in [1.165, 1.54) is 12.1 Å². The summed E-state index contributed by atoms with van der Waals surface area (Å²) < 4.78 is 27.7. The van der Waals surface area contributed by atoms with Crippen molar-refractivity contribution in [2.24, 2.45) is 0 Å². The molecule has 2 aromatic heterocycles. The van der Waals surface area contributed by atoms with E-state index in [1.807, 2.05) is 0 Å². The molecule has 10 heteroatoms. The van der Waals surface area contributed by atoms with E-state index in [0.29, 0.717) is 35.1 Å². The molecule has 1 saturated carbocycles. The van der Waals surface area contributed by atoms with E-state index >= 15 is 0 Å². The van der Waals surface area contributed by atoms with Gasteiger partial charge in [0.2, 0.25) is 10.0 Å². The van der Waals surface area contributed by atoms with Gasteiger partial charge in [0, 0.05) is 11.6 Å². The highest BCUT2D eigenvalue weighted by Gasteiger charge is 2.30. The Morgan fingerprint density at radius 1 is 1.26 bits per heavy atom. The summed E-state index contributed by atoms with van der Waals surface area (Å²) in [5.74, 6) is 0.279. The predicted octanol–water partition coefficient (Wildman–Crippen LogP) is 2.05. The van der Waals surface area contributed by atoms with Crippen molar-refractivity contribution in [2.45, 2.75) is 36.3 Å². The lowest BCUT2D eigenvalue weighted by Crippen LogP contribution is -2.39. The largest absolute Gasteiger partial charge is 0.391 e. The Balaban J connectivity index is 1.66. The number of hydrogen-bond acceptors (Lipinski definition) is 6. The molecule has 1 fully saturated rings. The van der Waals surface area contributed by atoms with Crippen LogP contribution >= 0.6 is 11.6 Å². The van der Waals surface area contributed by atoms with E-state index in [4.69, 9.17) is 17.3 Å². The lowest BCUT2D eigenvalue weighted by atomic mass is 10.1. The number of aliphatic hydroxyl groups is 1. The molecule has 5 N–H and O–H groups in total. The Labute approximate surface area is 160 Å². The van der Waals surface area contributed by atoms with Gasteiger partial charge in [-0.1, -0.05) is 11.6 Å². The molecule has 0 aliphatic heterocycles. The van der Waals surface area contributed by atoms with Crippen LogP contribution < -0.4 is 10.5 Å². The number of aromatic amines is 1. The number of rotatable bonds is 4. The zero-order valence-electron chi connectivity index (χ0n) is 14.2. The molecule has 8 nitrogen and oxygen atoms in total. The second-order valence-corrected chi connectivity index (χ2v) is 8.69. The van der Waals surface area contributed by atoms with Gasteiger partial charge in [-0.05, 0) is 49.6 Å². The number of nitrogens with one attached hydrogen (secondary N) is 2. The van der Waals surface area contributed by atoms with E-state index in [2.05, 4.69) is 19.9 Å². The lowest BCUT2D eigenvalue weighted by molar-refractivity contribution is 0.159. The monoisotopic (exact) mass is 407 g/mol. The second-order valence-electron chi connectivity index (χ2n) is 6.57. The fourth-order valence-corrected chi connectivity index (χ4v) is 4.96. The van der Waals surface area contributed by atoms with Gasteiger partial charge in [0.1, 0.15) is 5.52 Å². The third-order valence-electron chi connectivity index (χ3n) is 4.75. The number of nitrogen functional groups attached to an aromatic ring is 1. The molecule has 0 spiro atoms. The van der Waals surface area contributed by atoms with Crippen molar-refractivity contribution in [1.29, 1.82) is 0 Å². The molecule has 1 aromatic carbocycles. The molecule has 1 aliphatic carbocycles. The van der Waals surface area contributed by atoms with Gasteiger partial charge in [0.05, 0.1) is 27.2 Å². The zero-order chi connectivity index (χ0) is 19.2. The van der Waals surface area contributed by atoms with Gasteiger partial charge in [-0.25, -0.2) is 18.1 Å². The summed E-state index contributed by atoms with van der Waals surface area (Å²) in [5.41, 5.74) is 8.15. The molecule has 0 radical (unpaired) electrons. The molecule has 27 heavy (non-hydrogen) atoms. The Morgan fingerprint density at radius 2 is 2.07 bits per heavy atom. The summed E-state index contributed by atoms with van der Waals surface area (Å²) in [4.78, 5) is 4.49. The maximum absolute atomic E-state index is 12.6. The summed E-state index contributed by atoms with van der Waals surface area (Å²) in [7, 11) is -3.78. The first-order valence-electron chi connectivity index (χ1n) is 8.46.